The highest BCUT2D eigenvalue weighted by atomic mass is 16.2. The third-order valence-electron chi connectivity index (χ3n) is 3.56. The van der Waals surface area contributed by atoms with E-state index in [2.05, 4.69) is 15.6 Å². The predicted molar refractivity (Wildman–Crippen MR) is 89.1 cm³/mol. The number of pyridine rings is 1. The lowest BCUT2D eigenvalue weighted by Crippen LogP contribution is -2.32. The van der Waals surface area contributed by atoms with E-state index in [1.807, 2.05) is 32.0 Å². The molecule has 1 aromatic carbocycles. The Kier molecular flexibility index (Phi) is 5.86. The van der Waals surface area contributed by atoms with Gasteiger partial charge in [-0.2, -0.15) is 0 Å². The molecule has 1 unspecified atom stereocenters. The van der Waals surface area contributed by atoms with Gasteiger partial charge in [-0.25, -0.2) is 0 Å². The van der Waals surface area contributed by atoms with Crippen molar-refractivity contribution in [2.75, 3.05) is 0 Å². The maximum atomic E-state index is 12.1. The molecular formula is C18H21N3O2. The molecule has 0 radical (unpaired) electrons. The number of nitrogens with one attached hydrogen (secondary N) is 2. The zero-order valence-electron chi connectivity index (χ0n) is 13.4. The summed E-state index contributed by atoms with van der Waals surface area (Å²) in [6.07, 6.45) is 2.56. The van der Waals surface area contributed by atoms with E-state index in [4.69, 9.17) is 0 Å². The Morgan fingerprint density at radius 2 is 1.70 bits per heavy atom. The molecule has 0 aliphatic carbocycles. The first-order valence-electron chi connectivity index (χ1n) is 7.69. The van der Waals surface area contributed by atoms with Crippen LogP contribution in [0.15, 0.2) is 48.7 Å². The molecule has 23 heavy (non-hydrogen) atoms. The summed E-state index contributed by atoms with van der Waals surface area (Å²) in [5.74, 6) is -0.315. The average molecular weight is 311 g/mol. The van der Waals surface area contributed by atoms with E-state index in [1.54, 1.807) is 30.5 Å². The lowest BCUT2D eigenvalue weighted by molar-refractivity contribution is 0.0931. The van der Waals surface area contributed by atoms with Gasteiger partial charge in [-0.05, 0) is 49.7 Å². The van der Waals surface area contributed by atoms with Crippen LogP contribution in [0, 0.1) is 0 Å². The topological polar surface area (TPSA) is 71.1 Å². The summed E-state index contributed by atoms with van der Waals surface area (Å²) < 4.78 is 0. The van der Waals surface area contributed by atoms with Gasteiger partial charge in [0.2, 0.25) is 0 Å². The first-order chi connectivity index (χ1) is 11.1. The zero-order chi connectivity index (χ0) is 16.7. The molecule has 2 N–H and O–H groups in total. The SMILES string of the molecule is CCC(C)NC(=O)c1ccc(C(=O)NCc2ccccn2)cc1. The number of nitrogens with zero attached hydrogens (tertiary/aromatic N) is 1. The van der Waals surface area contributed by atoms with E-state index >= 15 is 0 Å². The number of benzene rings is 1. The van der Waals surface area contributed by atoms with Crippen LogP contribution in [0.5, 0.6) is 0 Å². The second kappa shape index (κ2) is 8.08. The summed E-state index contributed by atoms with van der Waals surface area (Å²) >= 11 is 0. The molecule has 2 rings (SSSR count). The van der Waals surface area contributed by atoms with Crippen molar-refractivity contribution in [1.82, 2.24) is 15.6 Å². The number of carbonyl (C=O) groups excluding carboxylic acids is 2. The summed E-state index contributed by atoms with van der Waals surface area (Å²) in [6, 6.07) is 12.3. The van der Waals surface area contributed by atoms with Gasteiger partial charge in [-0.15, -0.1) is 0 Å². The van der Waals surface area contributed by atoms with Gasteiger partial charge in [0.15, 0.2) is 0 Å². The highest BCUT2D eigenvalue weighted by Gasteiger charge is 2.10. The molecule has 0 aliphatic rings. The first-order valence-corrected chi connectivity index (χ1v) is 7.69. The Hall–Kier alpha value is -2.69. The molecular weight excluding hydrogens is 290 g/mol. The second-order valence-electron chi connectivity index (χ2n) is 5.36. The summed E-state index contributed by atoms with van der Waals surface area (Å²) in [4.78, 5) is 28.2. The van der Waals surface area contributed by atoms with Gasteiger partial charge < -0.3 is 10.6 Å². The Bertz CT molecular complexity index is 654. The van der Waals surface area contributed by atoms with Crippen LogP contribution in [-0.4, -0.2) is 22.8 Å². The smallest absolute Gasteiger partial charge is 0.251 e. The standard InChI is InChI=1S/C18H21N3O2/c1-3-13(2)21-18(23)15-9-7-14(8-10-15)17(22)20-12-16-6-4-5-11-19-16/h4-11,13H,3,12H2,1-2H3,(H,20,22)(H,21,23). The van der Waals surface area contributed by atoms with Crippen molar-refractivity contribution < 1.29 is 9.59 Å². The lowest BCUT2D eigenvalue weighted by Gasteiger charge is -2.11. The van der Waals surface area contributed by atoms with Gasteiger partial charge in [0.25, 0.3) is 11.8 Å². The average Bonchev–Trinajstić information content (AvgIpc) is 2.60. The molecule has 0 fully saturated rings. The Morgan fingerprint density at radius 3 is 2.26 bits per heavy atom. The van der Waals surface area contributed by atoms with Crippen molar-refractivity contribution in [2.24, 2.45) is 0 Å². The minimum Gasteiger partial charge on any atom is -0.350 e. The highest BCUT2D eigenvalue weighted by Crippen LogP contribution is 2.06. The lowest BCUT2D eigenvalue weighted by atomic mass is 10.1. The zero-order valence-corrected chi connectivity index (χ0v) is 13.4. The molecule has 0 aliphatic heterocycles. The van der Waals surface area contributed by atoms with Crippen molar-refractivity contribution in [3.8, 4) is 0 Å². The van der Waals surface area contributed by atoms with E-state index in [9.17, 15) is 9.59 Å². The molecule has 0 spiro atoms. The normalized spacial score (nSPS) is 11.6. The van der Waals surface area contributed by atoms with E-state index in [1.165, 1.54) is 0 Å². The van der Waals surface area contributed by atoms with Crippen molar-refractivity contribution in [3.05, 3.63) is 65.5 Å². The van der Waals surface area contributed by atoms with Gasteiger partial charge >= 0.3 is 0 Å². The minimum absolute atomic E-state index is 0.125. The largest absolute Gasteiger partial charge is 0.350 e. The fourth-order valence-corrected chi connectivity index (χ4v) is 1.96. The van der Waals surface area contributed by atoms with Crippen molar-refractivity contribution in [2.45, 2.75) is 32.9 Å². The van der Waals surface area contributed by atoms with Crippen LogP contribution in [0.3, 0.4) is 0 Å². The molecule has 0 bridgehead atoms. The minimum atomic E-state index is -0.190. The monoisotopic (exact) mass is 311 g/mol. The Balaban J connectivity index is 1.93. The Labute approximate surface area is 136 Å². The van der Waals surface area contributed by atoms with Crippen LogP contribution in [-0.2, 0) is 6.54 Å². The Morgan fingerprint density at radius 1 is 1.04 bits per heavy atom. The summed E-state index contributed by atoms with van der Waals surface area (Å²) in [5, 5.41) is 5.70. The van der Waals surface area contributed by atoms with E-state index in [0.717, 1.165) is 12.1 Å². The van der Waals surface area contributed by atoms with Crippen LogP contribution in [0.2, 0.25) is 0 Å². The molecule has 5 heteroatoms. The fourth-order valence-electron chi connectivity index (χ4n) is 1.96. The van der Waals surface area contributed by atoms with Gasteiger partial charge in [-0.1, -0.05) is 13.0 Å². The molecule has 120 valence electrons. The maximum absolute atomic E-state index is 12.1. The number of carbonyl (C=O) groups is 2. The molecule has 2 amide bonds. The van der Waals surface area contributed by atoms with Crippen LogP contribution >= 0.6 is 0 Å². The van der Waals surface area contributed by atoms with Crippen molar-refractivity contribution >= 4 is 11.8 Å². The molecule has 1 aromatic heterocycles. The third-order valence-corrected chi connectivity index (χ3v) is 3.56. The molecule has 0 saturated carbocycles. The number of aromatic nitrogens is 1. The van der Waals surface area contributed by atoms with Gasteiger partial charge in [0.05, 0.1) is 12.2 Å². The molecule has 0 saturated heterocycles. The van der Waals surface area contributed by atoms with E-state index in [-0.39, 0.29) is 17.9 Å². The van der Waals surface area contributed by atoms with Crippen LogP contribution < -0.4 is 10.6 Å². The molecule has 1 atom stereocenters. The van der Waals surface area contributed by atoms with Gasteiger partial charge in [0, 0.05) is 23.4 Å². The quantitative estimate of drug-likeness (QED) is 0.861. The van der Waals surface area contributed by atoms with Gasteiger partial charge in [0.1, 0.15) is 0 Å². The number of amides is 2. The highest BCUT2D eigenvalue weighted by molar-refractivity contribution is 5.97. The van der Waals surface area contributed by atoms with Crippen molar-refractivity contribution in [3.63, 3.8) is 0 Å². The maximum Gasteiger partial charge on any atom is 0.251 e. The van der Waals surface area contributed by atoms with Crippen molar-refractivity contribution in [1.29, 1.82) is 0 Å². The number of hydrogen-bond donors (Lipinski definition) is 2. The molecule has 2 aromatic rings. The predicted octanol–water partition coefficient (Wildman–Crippen LogP) is 2.54. The summed E-state index contributed by atoms with van der Waals surface area (Å²) in [5.41, 5.74) is 1.86. The first kappa shape index (κ1) is 16.7. The molecule has 5 nitrogen and oxygen atoms in total. The third kappa shape index (κ3) is 4.92. The van der Waals surface area contributed by atoms with Gasteiger partial charge in [-0.3, -0.25) is 14.6 Å². The van der Waals surface area contributed by atoms with Crippen LogP contribution in [0.1, 0.15) is 46.7 Å². The number of rotatable bonds is 6. The fraction of sp³-hybridized carbons (Fsp3) is 0.278. The second-order valence-corrected chi connectivity index (χ2v) is 5.36. The van der Waals surface area contributed by atoms with Crippen LogP contribution in [0.25, 0.3) is 0 Å². The van der Waals surface area contributed by atoms with E-state index in [0.29, 0.717) is 17.7 Å². The summed E-state index contributed by atoms with van der Waals surface area (Å²) in [6.45, 7) is 4.34. The summed E-state index contributed by atoms with van der Waals surface area (Å²) in [7, 11) is 0. The number of hydrogen-bond acceptors (Lipinski definition) is 3. The molecule has 1 heterocycles. The van der Waals surface area contributed by atoms with E-state index < -0.39 is 0 Å². The van der Waals surface area contributed by atoms with Crippen LogP contribution in [0.4, 0.5) is 0 Å².